The number of imidazole rings is 1. The molecule has 2 N–H and O–H groups in total. The van der Waals surface area contributed by atoms with Crippen molar-refractivity contribution in [2.75, 3.05) is 13.6 Å². The highest BCUT2D eigenvalue weighted by molar-refractivity contribution is 5.88. The van der Waals surface area contributed by atoms with Gasteiger partial charge >= 0.3 is 5.69 Å². The fraction of sp³-hybridized carbons (Fsp3) is 0.450. The summed E-state index contributed by atoms with van der Waals surface area (Å²) in [5.41, 5.74) is 3.92. The first-order chi connectivity index (χ1) is 12.5. The number of fused-ring (bicyclic) bond motifs is 2. The first-order valence-electron chi connectivity index (χ1n) is 9.27. The lowest BCUT2D eigenvalue weighted by Gasteiger charge is -2.45. The van der Waals surface area contributed by atoms with Gasteiger partial charge in [-0.15, -0.1) is 0 Å². The summed E-state index contributed by atoms with van der Waals surface area (Å²) in [6.07, 6.45) is 5.76. The normalized spacial score (nSPS) is 25.5. The van der Waals surface area contributed by atoms with E-state index in [0.717, 1.165) is 19.4 Å². The average molecular weight is 352 g/mol. The number of rotatable bonds is 2. The summed E-state index contributed by atoms with van der Waals surface area (Å²) in [5, 5.41) is 11.5. The lowest BCUT2D eigenvalue weighted by atomic mass is 9.72. The molecule has 136 valence electrons. The molecule has 0 amide bonds. The molecule has 1 saturated heterocycles. The molecule has 3 heterocycles. The van der Waals surface area contributed by atoms with Gasteiger partial charge in [-0.1, -0.05) is 12.1 Å². The van der Waals surface area contributed by atoms with Crippen LogP contribution in [0.2, 0.25) is 0 Å². The van der Waals surface area contributed by atoms with Crippen molar-refractivity contribution < 1.29 is 5.11 Å². The summed E-state index contributed by atoms with van der Waals surface area (Å²) in [4.78, 5) is 18.1. The van der Waals surface area contributed by atoms with Crippen LogP contribution in [-0.2, 0) is 20.0 Å². The predicted octanol–water partition coefficient (Wildman–Crippen LogP) is 2.03. The molecular weight excluding hydrogens is 328 g/mol. The second kappa shape index (κ2) is 5.51. The van der Waals surface area contributed by atoms with E-state index in [1.165, 1.54) is 37.4 Å². The van der Waals surface area contributed by atoms with Gasteiger partial charge in [0, 0.05) is 49.2 Å². The minimum absolute atomic E-state index is 0.0564. The molecule has 2 aliphatic rings. The summed E-state index contributed by atoms with van der Waals surface area (Å²) in [6.45, 7) is 1.51. The van der Waals surface area contributed by atoms with Gasteiger partial charge in [-0.05, 0) is 43.0 Å². The molecule has 0 spiro atoms. The SMILES string of the molecule is CN1CC(Cn2c(O)cn(C)c2=O)C[C@@H]2c3cccc4[nH]cc(c34)C[C@H]21. The van der Waals surface area contributed by atoms with Crippen LogP contribution in [0.15, 0.2) is 35.4 Å². The number of benzene rings is 1. The van der Waals surface area contributed by atoms with E-state index in [1.807, 2.05) is 0 Å². The van der Waals surface area contributed by atoms with Gasteiger partial charge in [0.2, 0.25) is 5.88 Å². The second-order valence-electron chi connectivity index (χ2n) is 7.99. The molecule has 3 atom stereocenters. The summed E-state index contributed by atoms with van der Waals surface area (Å²) >= 11 is 0. The maximum absolute atomic E-state index is 12.3. The van der Waals surface area contributed by atoms with Crippen molar-refractivity contribution in [1.29, 1.82) is 0 Å². The quantitative estimate of drug-likeness (QED) is 0.742. The van der Waals surface area contributed by atoms with Gasteiger partial charge in [-0.25, -0.2) is 4.79 Å². The summed E-state index contributed by atoms with van der Waals surface area (Å²) in [7, 11) is 3.87. The average Bonchev–Trinajstić information content (AvgIpc) is 3.14. The van der Waals surface area contributed by atoms with Crippen molar-refractivity contribution in [1.82, 2.24) is 19.0 Å². The lowest BCUT2D eigenvalue weighted by molar-refractivity contribution is 0.102. The topological polar surface area (TPSA) is 66.2 Å². The lowest BCUT2D eigenvalue weighted by Crippen LogP contribution is -2.49. The Hall–Kier alpha value is -2.47. The van der Waals surface area contributed by atoms with Gasteiger partial charge in [-0.3, -0.25) is 9.13 Å². The standard InChI is InChI=1S/C20H24N4O2/c1-22-9-12(10-24-18(25)11-23(2)20(24)26)6-15-14-4-3-5-16-19(14)13(8-21-16)7-17(15)22/h3-5,8,11-12,15,17,21,25H,6-7,9-10H2,1-2H3/t12?,15-,17-/m1/s1. The van der Waals surface area contributed by atoms with Gasteiger partial charge in [0.25, 0.3) is 0 Å². The van der Waals surface area contributed by atoms with Crippen molar-refractivity contribution >= 4 is 10.9 Å². The zero-order valence-corrected chi connectivity index (χ0v) is 15.1. The molecule has 3 aromatic rings. The number of hydrogen-bond acceptors (Lipinski definition) is 3. The minimum Gasteiger partial charge on any atom is -0.493 e. The number of aromatic hydroxyl groups is 1. The molecule has 1 aliphatic heterocycles. The summed E-state index contributed by atoms with van der Waals surface area (Å²) in [5.74, 6) is 0.858. The molecule has 2 aromatic heterocycles. The zero-order valence-electron chi connectivity index (χ0n) is 15.1. The third-order valence-corrected chi connectivity index (χ3v) is 6.37. The molecule has 0 bridgehead atoms. The number of aromatic nitrogens is 3. The Morgan fingerprint density at radius 2 is 2.15 bits per heavy atom. The summed E-state index contributed by atoms with van der Waals surface area (Å²) in [6, 6.07) is 7.05. The van der Waals surface area contributed by atoms with Crippen LogP contribution in [0.5, 0.6) is 5.88 Å². The minimum atomic E-state index is -0.147. The molecule has 26 heavy (non-hydrogen) atoms. The molecule has 0 radical (unpaired) electrons. The highest BCUT2D eigenvalue weighted by Crippen LogP contribution is 2.44. The number of aryl methyl sites for hydroxylation is 1. The summed E-state index contributed by atoms with van der Waals surface area (Å²) < 4.78 is 2.95. The largest absolute Gasteiger partial charge is 0.493 e. The molecule has 1 unspecified atom stereocenters. The van der Waals surface area contributed by atoms with E-state index >= 15 is 0 Å². The van der Waals surface area contributed by atoms with E-state index in [2.05, 4.69) is 41.3 Å². The number of nitrogens with zero attached hydrogens (tertiary/aromatic N) is 3. The highest BCUT2D eigenvalue weighted by Gasteiger charge is 2.39. The van der Waals surface area contributed by atoms with Crippen LogP contribution in [0.1, 0.15) is 23.5 Å². The Morgan fingerprint density at radius 3 is 2.92 bits per heavy atom. The van der Waals surface area contributed by atoms with Crippen LogP contribution in [0.4, 0.5) is 0 Å². The van der Waals surface area contributed by atoms with Gasteiger partial charge in [-0.2, -0.15) is 0 Å². The number of likely N-dealkylation sites (N-methyl/N-ethyl adjacent to an activating group) is 1. The maximum atomic E-state index is 12.3. The number of hydrogen-bond donors (Lipinski definition) is 2. The number of nitrogens with one attached hydrogen (secondary N) is 1. The van der Waals surface area contributed by atoms with E-state index in [-0.39, 0.29) is 11.6 Å². The number of aromatic amines is 1. The molecule has 0 saturated carbocycles. The molecule has 1 aliphatic carbocycles. The van der Waals surface area contributed by atoms with Crippen LogP contribution < -0.4 is 5.69 Å². The Balaban J connectivity index is 1.50. The number of likely N-dealkylation sites (tertiary alicyclic amines) is 1. The number of piperidine rings is 1. The Morgan fingerprint density at radius 1 is 1.31 bits per heavy atom. The molecule has 6 heteroatoms. The van der Waals surface area contributed by atoms with Gasteiger partial charge in [0.05, 0.1) is 6.20 Å². The smallest absolute Gasteiger partial charge is 0.330 e. The van der Waals surface area contributed by atoms with Crippen molar-refractivity contribution in [2.45, 2.75) is 31.3 Å². The third kappa shape index (κ3) is 2.18. The van der Waals surface area contributed by atoms with E-state index in [1.54, 1.807) is 7.05 Å². The second-order valence-corrected chi connectivity index (χ2v) is 7.99. The van der Waals surface area contributed by atoms with Crippen molar-refractivity contribution in [3.05, 3.63) is 52.2 Å². The zero-order chi connectivity index (χ0) is 18.0. The maximum Gasteiger partial charge on any atom is 0.330 e. The van der Waals surface area contributed by atoms with Crippen LogP contribution in [0, 0.1) is 5.92 Å². The predicted molar refractivity (Wildman–Crippen MR) is 101 cm³/mol. The van der Waals surface area contributed by atoms with E-state index in [0.29, 0.717) is 24.4 Å². The first-order valence-corrected chi connectivity index (χ1v) is 9.27. The first kappa shape index (κ1) is 15.8. The van der Waals surface area contributed by atoms with Gasteiger partial charge in [0.1, 0.15) is 0 Å². The van der Waals surface area contributed by atoms with Crippen molar-refractivity contribution in [3.63, 3.8) is 0 Å². The number of H-pyrrole nitrogens is 1. The van der Waals surface area contributed by atoms with E-state index < -0.39 is 0 Å². The third-order valence-electron chi connectivity index (χ3n) is 6.37. The van der Waals surface area contributed by atoms with Gasteiger partial charge < -0.3 is 15.0 Å². The molecule has 5 rings (SSSR count). The van der Waals surface area contributed by atoms with E-state index in [9.17, 15) is 9.90 Å². The van der Waals surface area contributed by atoms with Crippen LogP contribution in [-0.4, -0.2) is 43.8 Å². The highest BCUT2D eigenvalue weighted by atomic mass is 16.3. The Bertz CT molecular complexity index is 1040. The van der Waals surface area contributed by atoms with Gasteiger partial charge in [0.15, 0.2) is 0 Å². The van der Waals surface area contributed by atoms with Crippen molar-refractivity contribution in [3.8, 4) is 5.88 Å². The van der Waals surface area contributed by atoms with Crippen LogP contribution in [0.3, 0.4) is 0 Å². The molecular formula is C20H24N4O2. The van der Waals surface area contributed by atoms with Crippen LogP contribution >= 0.6 is 0 Å². The Labute approximate surface area is 151 Å². The van der Waals surface area contributed by atoms with Crippen LogP contribution in [0.25, 0.3) is 10.9 Å². The monoisotopic (exact) mass is 352 g/mol. The Kier molecular flexibility index (Phi) is 3.34. The fourth-order valence-electron chi connectivity index (χ4n) is 5.20. The molecule has 6 nitrogen and oxygen atoms in total. The fourth-order valence-corrected chi connectivity index (χ4v) is 5.20. The van der Waals surface area contributed by atoms with Crippen molar-refractivity contribution in [2.24, 2.45) is 13.0 Å². The van der Waals surface area contributed by atoms with E-state index in [4.69, 9.17) is 0 Å². The molecule has 1 fully saturated rings. The molecule has 1 aromatic carbocycles.